The highest BCUT2D eigenvalue weighted by Crippen LogP contribution is 2.44. The zero-order valence-corrected chi connectivity index (χ0v) is 19.9. The highest BCUT2D eigenvalue weighted by molar-refractivity contribution is 7.11. The first kappa shape index (κ1) is 24.7. The summed E-state index contributed by atoms with van der Waals surface area (Å²) in [5.41, 5.74) is 1.71. The zero-order chi connectivity index (χ0) is 25.1. The minimum Gasteiger partial charge on any atom is -0.341 e. The van der Waals surface area contributed by atoms with Gasteiger partial charge in [0.1, 0.15) is 11.9 Å². The van der Waals surface area contributed by atoms with Gasteiger partial charge in [0.15, 0.2) is 10.8 Å². The molecule has 2 aromatic rings. The van der Waals surface area contributed by atoms with Crippen molar-refractivity contribution in [1.82, 2.24) is 25.8 Å². The molecule has 8 nitrogen and oxygen atoms in total. The molecule has 0 bridgehead atoms. The predicted molar refractivity (Wildman–Crippen MR) is 129 cm³/mol. The molecule has 13 heteroatoms. The lowest BCUT2D eigenvalue weighted by atomic mass is 9.89. The van der Waals surface area contributed by atoms with Gasteiger partial charge in [0.2, 0.25) is 0 Å². The van der Waals surface area contributed by atoms with Crippen LogP contribution in [-0.4, -0.2) is 54.1 Å². The Morgan fingerprint density at radius 2 is 2.20 bits per heavy atom. The molecular formula is C22H21ClF3N7OS. The maximum absolute atomic E-state index is 13.8. The van der Waals surface area contributed by atoms with E-state index in [1.807, 2.05) is 10.2 Å². The molecule has 1 unspecified atom stereocenters. The van der Waals surface area contributed by atoms with Crippen LogP contribution in [0.25, 0.3) is 0 Å². The van der Waals surface area contributed by atoms with Crippen molar-refractivity contribution in [3.8, 4) is 0 Å². The molecule has 1 fully saturated rings. The smallest absolute Gasteiger partial charge is 0.314 e. The van der Waals surface area contributed by atoms with Gasteiger partial charge >= 0.3 is 12.6 Å². The zero-order valence-electron chi connectivity index (χ0n) is 18.4. The number of carbonyl (C=O) groups excluding carboxylic acids is 1. The van der Waals surface area contributed by atoms with Gasteiger partial charge in [0.25, 0.3) is 0 Å². The van der Waals surface area contributed by atoms with Crippen LogP contribution in [0.15, 0.2) is 57.8 Å². The molecule has 0 aliphatic carbocycles. The average Bonchev–Trinajstić information content (AvgIpc) is 3.49. The largest absolute Gasteiger partial charge is 0.341 e. The Morgan fingerprint density at radius 3 is 2.83 bits per heavy atom. The normalized spacial score (nSPS) is 20.0. The summed E-state index contributed by atoms with van der Waals surface area (Å²) < 4.78 is 39.8. The van der Waals surface area contributed by atoms with Gasteiger partial charge in [-0.1, -0.05) is 17.7 Å². The summed E-state index contributed by atoms with van der Waals surface area (Å²) in [5, 5.41) is 17.8. The Hall–Kier alpha value is -3.38. The van der Waals surface area contributed by atoms with Gasteiger partial charge in [0, 0.05) is 65.9 Å². The number of fused-ring (bicyclic) bond motifs is 1. The Kier molecular flexibility index (Phi) is 7.41. The number of thiazole rings is 1. The Morgan fingerprint density at radius 1 is 1.40 bits per heavy atom. The van der Waals surface area contributed by atoms with Gasteiger partial charge in [-0.15, -0.1) is 11.3 Å². The Balaban J connectivity index is 1.91. The maximum atomic E-state index is 13.8. The number of benzene rings is 1. The summed E-state index contributed by atoms with van der Waals surface area (Å²) in [6.45, 7) is -2.49. The van der Waals surface area contributed by atoms with E-state index in [0.717, 1.165) is 18.5 Å². The lowest BCUT2D eigenvalue weighted by Gasteiger charge is -2.33. The second kappa shape index (κ2) is 10.5. The molecule has 1 saturated heterocycles. The van der Waals surface area contributed by atoms with E-state index in [1.54, 1.807) is 11.6 Å². The van der Waals surface area contributed by atoms with E-state index >= 15 is 0 Å². The number of hydrogen-bond donors (Lipinski definition) is 4. The van der Waals surface area contributed by atoms with Crippen LogP contribution in [0.5, 0.6) is 0 Å². The van der Waals surface area contributed by atoms with Crippen molar-refractivity contribution in [3.05, 3.63) is 74.2 Å². The van der Waals surface area contributed by atoms with Crippen LogP contribution in [-0.2, 0) is 0 Å². The van der Waals surface area contributed by atoms with Crippen molar-refractivity contribution >= 4 is 41.0 Å². The second-order valence-corrected chi connectivity index (χ2v) is 8.97. The minimum atomic E-state index is -2.84. The lowest BCUT2D eigenvalue weighted by molar-refractivity contribution is 0.125. The van der Waals surface area contributed by atoms with E-state index in [4.69, 9.17) is 22.0 Å². The number of nitrogens with one attached hydrogen (secondary N) is 4. The van der Waals surface area contributed by atoms with Crippen LogP contribution in [0, 0.1) is 11.2 Å². The first-order valence-electron chi connectivity index (χ1n) is 10.5. The number of rotatable bonds is 7. The molecular weight excluding hydrogens is 503 g/mol. The number of hydrogen-bond acceptors (Lipinski definition) is 7. The molecule has 0 spiro atoms. The van der Waals surface area contributed by atoms with Gasteiger partial charge in [0.05, 0.1) is 6.04 Å². The number of aliphatic imine (C=N–C) groups is 1. The van der Waals surface area contributed by atoms with Gasteiger partial charge in [-0.25, -0.2) is 14.2 Å². The van der Waals surface area contributed by atoms with Gasteiger partial charge in [-0.3, -0.25) is 4.99 Å². The van der Waals surface area contributed by atoms with Crippen molar-refractivity contribution < 1.29 is 18.0 Å². The van der Waals surface area contributed by atoms with Gasteiger partial charge in [-0.05, 0) is 17.7 Å². The molecule has 2 atom stereocenters. The maximum Gasteiger partial charge on any atom is 0.314 e. The molecule has 2 aliphatic rings. The molecule has 2 aliphatic heterocycles. The van der Waals surface area contributed by atoms with Crippen molar-refractivity contribution in [2.24, 2.45) is 4.99 Å². The fraction of sp³-hybridized carbons (Fsp3) is 0.273. The van der Waals surface area contributed by atoms with Crippen LogP contribution in [0.4, 0.5) is 18.0 Å². The van der Waals surface area contributed by atoms with E-state index in [1.165, 1.54) is 30.5 Å². The molecule has 1 aromatic heterocycles. The third-order valence-corrected chi connectivity index (χ3v) is 6.63. The van der Waals surface area contributed by atoms with Crippen molar-refractivity contribution in [1.29, 1.82) is 5.41 Å². The summed E-state index contributed by atoms with van der Waals surface area (Å²) >= 11 is 7.76. The van der Waals surface area contributed by atoms with Crippen LogP contribution < -0.4 is 16.0 Å². The second-order valence-electron chi connectivity index (χ2n) is 7.67. The predicted octanol–water partition coefficient (Wildman–Crippen LogP) is 4.04. The Bertz CT molecular complexity index is 1220. The molecule has 4 N–H and O–H groups in total. The quantitative estimate of drug-likeness (QED) is 0.325. The molecule has 4 rings (SSSR count). The summed E-state index contributed by atoms with van der Waals surface area (Å²) in [4.78, 5) is 23.1. The highest BCUT2D eigenvalue weighted by Gasteiger charge is 2.41. The SMILES string of the molecule is CNC(=O)NC1CC2=C(/C(C=N)=C/NC(F)F)[C@H](c3ccc(F)cc3Cl)N=C(c3nccs3)N2C1. The topological polar surface area (TPSA) is 106 Å². The minimum absolute atomic E-state index is 0.105. The first-order valence-corrected chi connectivity index (χ1v) is 11.7. The number of urea groups is 1. The average molecular weight is 524 g/mol. The van der Waals surface area contributed by atoms with Crippen molar-refractivity contribution in [2.45, 2.75) is 25.1 Å². The molecule has 1 aromatic carbocycles. The highest BCUT2D eigenvalue weighted by atomic mass is 35.5. The van der Waals surface area contributed by atoms with Crippen molar-refractivity contribution in [2.75, 3.05) is 13.6 Å². The monoisotopic (exact) mass is 523 g/mol. The molecule has 0 saturated carbocycles. The molecule has 184 valence electrons. The summed E-state index contributed by atoms with van der Waals surface area (Å²) in [6.07, 6.45) is 3.96. The van der Waals surface area contributed by atoms with Gasteiger partial charge in [-0.2, -0.15) is 8.78 Å². The molecule has 2 amide bonds. The summed E-state index contributed by atoms with van der Waals surface area (Å²) in [7, 11) is 1.50. The summed E-state index contributed by atoms with van der Waals surface area (Å²) in [5.74, 6) is -0.0242. The van der Waals surface area contributed by atoms with E-state index < -0.39 is 18.4 Å². The van der Waals surface area contributed by atoms with Crippen LogP contribution in [0.1, 0.15) is 23.0 Å². The third kappa shape index (κ3) is 5.17. The molecule has 35 heavy (non-hydrogen) atoms. The van der Waals surface area contributed by atoms with E-state index in [0.29, 0.717) is 40.6 Å². The van der Waals surface area contributed by atoms with E-state index in [-0.39, 0.29) is 22.7 Å². The van der Waals surface area contributed by atoms with Crippen molar-refractivity contribution in [3.63, 3.8) is 0 Å². The lowest BCUT2D eigenvalue weighted by Crippen LogP contribution is -2.43. The number of alkyl halides is 2. The fourth-order valence-corrected chi connectivity index (χ4v) is 5.02. The fourth-order valence-electron chi connectivity index (χ4n) is 4.10. The number of carbonyl (C=O) groups is 1. The van der Waals surface area contributed by atoms with Crippen LogP contribution in [0.3, 0.4) is 0 Å². The van der Waals surface area contributed by atoms with Gasteiger partial charge < -0.3 is 26.3 Å². The Labute approximate surface area is 208 Å². The van der Waals surface area contributed by atoms with Crippen LogP contribution >= 0.6 is 22.9 Å². The first-order chi connectivity index (χ1) is 16.8. The number of amidine groups is 1. The van der Waals surface area contributed by atoms with Crippen LogP contribution in [0.2, 0.25) is 5.02 Å². The number of amides is 2. The molecule has 3 heterocycles. The van der Waals surface area contributed by atoms with E-state index in [2.05, 4.69) is 15.6 Å². The number of aromatic nitrogens is 1. The summed E-state index contributed by atoms with van der Waals surface area (Å²) in [6, 6.07) is 2.34. The number of nitrogens with zero attached hydrogens (tertiary/aromatic N) is 3. The molecule has 0 radical (unpaired) electrons. The van der Waals surface area contributed by atoms with E-state index in [9.17, 15) is 18.0 Å². The number of halogens is 4. The standard InChI is InChI=1S/C22H21ClF3N7OS/c1-28-22(34)31-13-7-16-17(11(8-27)9-30-21(25)26)18(14-3-2-12(24)6-15(14)23)32-19(33(16)10-13)20-29-4-5-35-20/h2-6,8-9,13,18,21,27,30H,7,10H2,1H3,(H2,28,31,34)/b11-9+,27-8?/t13?,18-/m0/s1. The third-order valence-electron chi connectivity index (χ3n) is 5.53.